The van der Waals surface area contributed by atoms with Gasteiger partial charge in [0.05, 0.1) is 11.3 Å². The van der Waals surface area contributed by atoms with Crippen molar-refractivity contribution in [2.75, 3.05) is 0 Å². The molecule has 0 fully saturated rings. The highest BCUT2D eigenvalue weighted by Crippen LogP contribution is 2.23. The van der Waals surface area contributed by atoms with Gasteiger partial charge < -0.3 is 5.32 Å². The highest BCUT2D eigenvalue weighted by Gasteiger charge is 2.19. The number of hydrogen-bond donors (Lipinski definition) is 1. The number of para-hydroxylation sites is 1. The Bertz CT molecular complexity index is 1090. The molecule has 0 aliphatic carbocycles. The molecule has 0 saturated heterocycles. The zero-order chi connectivity index (χ0) is 19.3. The number of pyridine rings is 1. The second-order valence-electron chi connectivity index (χ2n) is 6.19. The number of nitrogens with zero attached hydrogens (tertiary/aromatic N) is 3. The number of amides is 1. The fourth-order valence-corrected chi connectivity index (χ4v) is 2.88. The van der Waals surface area contributed by atoms with Gasteiger partial charge in [-0.25, -0.2) is 9.07 Å². The van der Waals surface area contributed by atoms with Gasteiger partial charge in [-0.05, 0) is 30.3 Å². The van der Waals surface area contributed by atoms with Crippen molar-refractivity contribution in [3.8, 4) is 16.9 Å². The number of aromatic nitrogens is 3. The first-order chi connectivity index (χ1) is 13.7. The lowest BCUT2D eigenvalue weighted by Gasteiger charge is -2.06. The third-order valence-corrected chi connectivity index (χ3v) is 4.31. The minimum atomic E-state index is -0.352. The Hall–Kier alpha value is -3.80. The molecule has 28 heavy (non-hydrogen) atoms. The van der Waals surface area contributed by atoms with Crippen molar-refractivity contribution >= 4 is 5.91 Å². The molecule has 1 N–H and O–H groups in total. The van der Waals surface area contributed by atoms with Crippen molar-refractivity contribution in [2.24, 2.45) is 0 Å². The molecule has 2 aromatic heterocycles. The van der Waals surface area contributed by atoms with Crippen molar-refractivity contribution in [1.82, 2.24) is 20.1 Å². The van der Waals surface area contributed by atoms with Crippen molar-refractivity contribution in [3.63, 3.8) is 0 Å². The van der Waals surface area contributed by atoms with Gasteiger partial charge in [0.25, 0.3) is 5.91 Å². The maximum atomic E-state index is 13.8. The average molecular weight is 372 g/mol. The van der Waals surface area contributed by atoms with E-state index in [1.165, 1.54) is 6.07 Å². The maximum absolute atomic E-state index is 13.8. The number of carbonyl (C=O) groups excluding carboxylic acids is 1. The van der Waals surface area contributed by atoms with E-state index in [0.29, 0.717) is 16.8 Å². The van der Waals surface area contributed by atoms with Gasteiger partial charge in [-0.3, -0.25) is 9.78 Å². The molecular formula is C22H17FN4O. The molecule has 6 heteroatoms. The molecule has 0 saturated carbocycles. The molecule has 0 unspecified atom stereocenters. The normalized spacial score (nSPS) is 10.6. The lowest BCUT2D eigenvalue weighted by Crippen LogP contribution is -2.23. The minimum absolute atomic E-state index is 0.0918. The van der Waals surface area contributed by atoms with Gasteiger partial charge in [-0.2, -0.15) is 5.10 Å². The molecule has 5 nitrogen and oxygen atoms in total. The van der Waals surface area contributed by atoms with E-state index in [0.717, 1.165) is 11.3 Å². The molecular weight excluding hydrogens is 355 g/mol. The number of hydrogen-bond acceptors (Lipinski definition) is 3. The van der Waals surface area contributed by atoms with Crippen LogP contribution in [0.1, 0.15) is 15.9 Å². The molecule has 0 aliphatic heterocycles. The highest BCUT2D eigenvalue weighted by atomic mass is 19.1. The lowest BCUT2D eigenvalue weighted by molar-refractivity contribution is 0.0951. The van der Waals surface area contributed by atoms with Crippen LogP contribution in [0.2, 0.25) is 0 Å². The summed E-state index contributed by atoms with van der Waals surface area (Å²) in [5.74, 6) is -0.681. The Morgan fingerprint density at radius 3 is 2.54 bits per heavy atom. The third kappa shape index (κ3) is 3.66. The van der Waals surface area contributed by atoms with Crippen molar-refractivity contribution in [2.45, 2.75) is 6.54 Å². The summed E-state index contributed by atoms with van der Waals surface area (Å²) in [5, 5.41) is 7.36. The number of rotatable bonds is 5. The van der Waals surface area contributed by atoms with Crippen molar-refractivity contribution in [3.05, 3.63) is 102 Å². The summed E-state index contributed by atoms with van der Waals surface area (Å²) in [6, 6.07) is 19.5. The molecule has 0 radical (unpaired) electrons. The van der Waals surface area contributed by atoms with E-state index in [1.54, 1.807) is 47.5 Å². The van der Waals surface area contributed by atoms with E-state index < -0.39 is 0 Å². The third-order valence-electron chi connectivity index (χ3n) is 4.31. The van der Waals surface area contributed by atoms with E-state index in [1.807, 2.05) is 36.4 Å². The molecule has 4 rings (SSSR count). The maximum Gasteiger partial charge on any atom is 0.255 e. The zero-order valence-corrected chi connectivity index (χ0v) is 14.9. The first kappa shape index (κ1) is 17.6. The summed E-state index contributed by atoms with van der Waals surface area (Å²) in [7, 11) is 0. The number of halogens is 1. The first-order valence-electron chi connectivity index (χ1n) is 8.79. The predicted octanol–water partition coefficient (Wildman–Crippen LogP) is 4.00. The Labute approximate surface area is 161 Å². The quantitative estimate of drug-likeness (QED) is 0.576. The Kier molecular flexibility index (Phi) is 4.93. The number of nitrogens with one attached hydrogen (secondary N) is 1. The van der Waals surface area contributed by atoms with Crippen LogP contribution in [0.4, 0.5) is 4.39 Å². The van der Waals surface area contributed by atoms with E-state index in [-0.39, 0.29) is 18.3 Å². The summed E-state index contributed by atoms with van der Waals surface area (Å²) in [6.45, 7) is 0.0918. The van der Waals surface area contributed by atoms with E-state index in [4.69, 9.17) is 0 Å². The molecule has 2 heterocycles. The molecule has 0 spiro atoms. The van der Waals surface area contributed by atoms with Crippen molar-refractivity contribution in [1.29, 1.82) is 0 Å². The second kappa shape index (κ2) is 7.84. The van der Waals surface area contributed by atoms with E-state index in [9.17, 15) is 9.18 Å². The minimum Gasteiger partial charge on any atom is -0.348 e. The monoisotopic (exact) mass is 372 g/mol. The predicted molar refractivity (Wildman–Crippen MR) is 104 cm³/mol. The molecule has 2 aromatic carbocycles. The smallest absolute Gasteiger partial charge is 0.255 e. The van der Waals surface area contributed by atoms with Crippen LogP contribution < -0.4 is 5.32 Å². The molecule has 138 valence electrons. The number of carbonyl (C=O) groups is 1. The van der Waals surface area contributed by atoms with Crippen LogP contribution >= 0.6 is 0 Å². The van der Waals surface area contributed by atoms with Crippen LogP contribution in [0.5, 0.6) is 0 Å². The van der Waals surface area contributed by atoms with Gasteiger partial charge in [0.2, 0.25) is 0 Å². The van der Waals surface area contributed by atoms with Crippen molar-refractivity contribution < 1.29 is 9.18 Å². The molecule has 0 atom stereocenters. The fourth-order valence-electron chi connectivity index (χ4n) is 2.88. The lowest BCUT2D eigenvalue weighted by atomic mass is 10.1. The summed E-state index contributed by atoms with van der Waals surface area (Å²) in [4.78, 5) is 17.0. The Morgan fingerprint density at radius 2 is 1.79 bits per heavy atom. The van der Waals surface area contributed by atoms with Crippen LogP contribution in [-0.2, 0) is 6.54 Å². The van der Waals surface area contributed by atoms with E-state index in [2.05, 4.69) is 15.4 Å². The van der Waals surface area contributed by atoms with E-state index >= 15 is 0 Å². The summed E-state index contributed by atoms with van der Waals surface area (Å²) >= 11 is 0. The zero-order valence-electron chi connectivity index (χ0n) is 14.9. The van der Waals surface area contributed by atoms with Gasteiger partial charge in [-0.1, -0.05) is 36.4 Å². The summed E-state index contributed by atoms with van der Waals surface area (Å²) < 4.78 is 15.5. The Balaban J connectivity index is 1.67. The largest absolute Gasteiger partial charge is 0.348 e. The standard InChI is InChI=1S/C22H17FN4O/c23-20-11-5-4-7-16(20)14-25-22(28)19-15-27(18-9-2-1-3-10-18)26-21(19)17-8-6-12-24-13-17/h1-13,15H,14H2,(H,25,28). The van der Waals surface area contributed by atoms with Crippen LogP contribution in [0.15, 0.2) is 85.3 Å². The van der Waals surface area contributed by atoms with Gasteiger partial charge >= 0.3 is 0 Å². The molecule has 0 aliphatic rings. The van der Waals surface area contributed by atoms with Crippen LogP contribution in [0, 0.1) is 5.82 Å². The average Bonchev–Trinajstić information content (AvgIpc) is 3.20. The summed E-state index contributed by atoms with van der Waals surface area (Å²) in [5.41, 5.74) is 2.90. The second-order valence-corrected chi connectivity index (χ2v) is 6.19. The highest BCUT2D eigenvalue weighted by molar-refractivity contribution is 5.99. The molecule has 0 bridgehead atoms. The topological polar surface area (TPSA) is 59.8 Å². The van der Waals surface area contributed by atoms with Gasteiger partial charge in [-0.15, -0.1) is 0 Å². The van der Waals surface area contributed by atoms with Crippen LogP contribution in [0.3, 0.4) is 0 Å². The van der Waals surface area contributed by atoms with Crippen LogP contribution in [-0.4, -0.2) is 20.7 Å². The van der Waals surface area contributed by atoms with Gasteiger partial charge in [0.1, 0.15) is 11.5 Å². The summed E-state index contributed by atoms with van der Waals surface area (Å²) in [6.07, 6.45) is 5.00. The number of benzene rings is 2. The first-order valence-corrected chi connectivity index (χ1v) is 8.79. The van der Waals surface area contributed by atoms with Crippen LogP contribution in [0.25, 0.3) is 16.9 Å². The molecule has 4 aromatic rings. The van der Waals surface area contributed by atoms with Gasteiger partial charge in [0, 0.05) is 36.3 Å². The fraction of sp³-hybridized carbons (Fsp3) is 0.0455. The molecule has 1 amide bonds. The SMILES string of the molecule is O=C(NCc1ccccc1F)c1cn(-c2ccccc2)nc1-c1cccnc1. The van der Waals surface area contributed by atoms with Gasteiger partial charge in [0.15, 0.2) is 0 Å². The Morgan fingerprint density at radius 1 is 1.00 bits per heavy atom.